The molecule has 0 fully saturated rings. The topological polar surface area (TPSA) is 78.1 Å². The van der Waals surface area contributed by atoms with Gasteiger partial charge in [0.1, 0.15) is 0 Å². The molecule has 1 aliphatic heterocycles. The largest absolute Gasteiger partial charge is 0.493 e. The van der Waals surface area contributed by atoms with Crippen molar-refractivity contribution in [1.82, 2.24) is 5.32 Å². The Morgan fingerprint density at radius 1 is 1.04 bits per heavy atom. The fourth-order valence-electron chi connectivity index (χ4n) is 2.62. The molecular weight excluding hydrogens is 336 g/mol. The lowest BCUT2D eigenvalue weighted by Gasteiger charge is -2.10. The van der Waals surface area contributed by atoms with Crippen molar-refractivity contribution < 1.29 is 23.7 Å². The predicted molar refractivity (Wildman–Crippen MR) is 97.1 cm³/mol. The molecule has 0 atom stereocenters. The number of benzene rings is 2. The van der Waals surface area contributed by atoms with Gasteiger partial charge in [0.05, 0.1) is 14.2 Å². The molecule has 0 unspecified atom stereocenters. The third-order valence-corrected chi connectivity index (χ3v) is 3.96. The van der Waals surface area contributed by atoms with Gasteiger partial charge < -0.3 is 29.6 Å². The molecule has 26 heavy (non-hydrogen) atoms. The first-order valence-corrected chi connectivity index (χ1v) is 8.30. The molecule has 0 aromatic heterocycles. The number of hydrogen-bond acceptors (Lipinski definition) is 6. The Kier molecular flexibility index (Phi) is 5.80. The van der Waals surface area contributed by atoms with E-state index in [2.05, 4.69) is 10.6 Å². The number of methoxy groups -OCH3 is 2. The Morgan fingerprint density at radius 3 is 2.65 bits per heavy atom. The van der Waals surface area contributed by atoms with Crippen LogP contribution in [-0.4, -0.2) is 33.5 Å². The van der Waals surface area contributed by atoms with Gasteiger partial charge in [-0.2, -0.15) is 0 Å². The molecule has 3 rings (SSSR count). The maximum absolute atomic E-state index is 12.0. The number of amides is 1. The van der Waals surface area contributed by atoms with Crippen molar-refractivity contribution in [1.29, 1.82) is 0 Å². The van der Waals surface area contributed by atoms with Gasteiger partial charge in [-0.3, -0.25) is 4.79 Å². The summed E-state index contributed by atoms with van der Waals surface area (Å²) in [5, 5.41) is 6.10. The number of hydrogen-bond donors (Lipinski definition) is 2. The summed E-state index contributed by atoms with van der Waals surface area (Å²) in [7, 11) is 3.21. The average Bonchev–Trinajstić information content (AvgIpc) is 3.12. The predicted octanol–water partition coefficient (Wildman–Crippen LogP) is 2.55. The summed E-state index contributed by atoms with van der Waals surface area (Å²) in [5.74, 6) is 2.66. The molecule has 0 bridgehead atoms. The van der Waals surface area contributed by atoms with Gasteiger partial charge in [-0.25, -0.2) is 0 Å². The number of rotatable bonds is 8. The second-order valence-corrected chi connectivity index (χ2v) is 5.73. The monoisotopic (exact) mass is 358 g/mol. The van der Waals surface area contributed by atoms with Crippen LogP contribution in [-0.2, 0) is 11.3 Å². The highest BCUT2D eigenvalue weighted by Crippen LogP contribution is 2.34. The van der Waals surface area contributed by atoms with Crippen LogP contribution in [0.5, 0.6) is 23.0 Å². The van der Waals surface area contributed by atoms with Crippen LogP contribution >= 0.6 is 0 Å². The summed E-state index contributed by atoms with van der Waals surface area (Å²) in [4.78, 5) is 12.0. The van der Waals surface area contributed by atoms with Crippen molar-refractivity contribution in [2.24, 2.45) is 0 Å². The smallest absolute Gasteiger partial charge is 0.231 e. The van der Waals surface area contributed by atoms with Crippen molar-refractivity contribution in [2.75, 3.05) is 32.9 Å². The van der Waals surface area contributed by atoms with Gasteiger partial charge in [-0.05, 0) is 29.8 Å². The lowest BCUT2D eigenvalue weighted by molar-refractivity contribution is -0.116. The molecule has 138 valence electrons. The minimum absolute atomic E-state index is 0.0660. The van der Waals surface area contributed by atoms with E-state index >= 15 is 0 Å². The normalized spacial score (nSPS) is 11.9. The first kappa shape index (κ1) is 17.9. The Balaban J connectivity index is 1.43. The van der Waals surface area contributed by atoms with Crippen LogP contribution in [0.3, 0.4) is 0 Å². The number of nitrogens with one attached hydrogen (secondary N) is 2. The standard InChI is InChI=1S/C19H22N2O5/c1-23-15-5-3-13(9-17(15)24-2)11-20-8-7-19(22)21-14-4-6-16-18(10-14)26-12-25-16/h3-6,9-10,20H,7-8,11-12H2,1-2H3,(H,21,22). The number of carbonyl (C=O) groups excluding carboxylic acids is 1. The molecule has 1 heterocycles. The second-order valence-electron chi connectivity index (χ2n) is 5.73. The van der Waals surface area contributed by atoms with Crippen LogP contribution < -0.4 is 29.6 Å². The van der Waals surface area contributed by atoms with E-state index in [1.807, 2.05) is 18.2 Å². The minimum Gasteiger partial charge on any atom is -0.493 e. The molecule has 0 saturated heterocycles. The van der Waals surface area contributed by atoms with Crippen molar-refractivity contribution >= 4 is 11.6 Å². The van der Waals surface area contributed by atoms with Crippen LogP contribution in [0.25, 0.3) is 0 Å². The zero-order chi connectivity index (χ0) is 18.4. The molecule has 0 radical (unpaired) electrons. The molecule has 7 nitrogen and oxygen atoms in total. The summed E-state index contributed by atoms with van der Waals surface area (Å²) in [6.45, 7) is 1.41. The van der Waals surface area contributed by atoms with Gasteiger partial charge in [0, 0.05) is 31.3 Å². The molecule has 2 aromatic carbocycles. The number of carbonyl (C=O) groups is 1. The summed E-state index contributed by atoms with van der Waals surface area (Å²) < 4.78 is 21.0. The van der Waals surface area contributed by atoms with Crippen LogP contribution in [0.4, 0.5) is 5.69 Å². The van der Waals surface area contributed by atoms with E-state index in [0.717, 1.165) is 5.56 Å². The first-order valence-electron chi connectivity index (χ1n) is 8.30. The molecule has 2 N–H and O–H groups in total. The molecule has 1 amide bonds. The van der Waals surface area contributed by atoms with Crippen LogP contribution in [0.15, 0.2) is 36.4 Å². The van der Waals surface area contributed by atoms with E-state index in [9.17, 15) is 4.79 Å². The third-order valence-electron chi connectivity index (χ3n) is 3.96. The Hall–Kier alpha value is -2.93. The maximum Gasteiger partial charge on any atom is 0.231 e. The molecular formula is C19H22N2O5. The Bertz CT molecular complexity index is 779. The molecule has 7 heteroatoms. The number of fused-ring (bicyclic) bond motifs is 1. The van der Waals surface area contributed by atoms with Gasteiger partial charge in [-0.1, -0.05) is 6.07 Å². The van der Waals surface area contributed by atoms with E-state index in [0.29, 0.717) is 48.2 Å². The van der Waals surface area contributed by atoms with E-state index < -0.39 is 0 Å². The van der Waals surface area contributed by atoms with Gasteiger partial charge in [0.2, 0.25) is 12.7 Å². The number of anilines is 1. The SMILES string of the molecule is COc1ccc(CNCCC(=O)Nc2ccc3c(c2)OCO3)cc1OC. The van der Waals surface area contributed by atoms with E-state index in [-0.39, 0.29) is 12.7 Å². The van der Waals surface area contributed by atoms with Gasteiger partial charge in [-0.15, -0.1) is 0 Å². The number of ether oxygens (including phenoxy) is 4. The summed E-state index contributed by atoms with van der Waals surface area (Å²) in [5.41, 5.74) is 1.75. The maximum atomic E-state index is 12.0. The van der Waals surface area contributed by atoms with Gasteiger partial charge >= 0.3 is 0 Å². The van der Waals surface area contributed by atoms with Gasteiger partial charge in [0.25, 0.3) is 0 Å². The summed E-state index contributed by atoms with van der Waals surface area (Å²) >= 11 is 0. The van der Waals surface area contributed by atoms with Crippen LogP contribution in [0, 0.1) is 0 Å². The summed E-state index contributed by atoms with van der Waals surface area (Å²) in [6, 6.07) is 11.1. The quantitative estimate of drug-likeness (QED) is 0.706. The first-order chi connectivity index (χ1) is 12.7. The van der Waals surface area contributed by atoms with Crippen LogP contribution in [0.1, 0.15) is 12.0 Å². The van der Waals surface area contributed by atoms with Crippen molar-refractivity contribution in [3.63, 3.8) is 0 Å². The lowest BCUT2D eigenvalue weighted by Crippen LogP contribution is -2.21. The molecule has 1 aliphatic rings. The van der Waals surface area contributed by atoms with Gasteiger partial charge in [0.15, 0.2) is 23.0 Å². The lowest BCUT2D eigenvalue weighted by atomic mass is 10.2. The van der Waals surface area contributed by atoms with Crippen molar-refractivity contribution in [3.05, 3.63) is 42.0 Å². The fraction of sp³-hybridized carbons (Fsp3) is 0.316. The van der Waals surface area contributed by atoms with Crippen molar-refractivity contribution in [2.45, 2.75) is 13.0 Å². The molecule has 0 spiro atoms. The average molecular weight is 358 g/mol. The molecule has 2 aromatic rings. The van der Waals surface area contributed by atoms with E-state index in [1.54, 1.807) is 32.4 Å². The van der Waals surface area contributed by atoms with E-state index in [4.69, 9.17) is 18.9 Å². The third kappa shape index (κ3) is 4.37. The van der Waals surface area contributed by atoms with E-state index in [1.165, 1.54) is 0 Å². The second kappa shape index (κ2) is 8.44. The zero-order valence-electron chi connectivity index (χ0n) is 14.8. The highest BCUT2D eigenvalue weighted by molar-refractivity contribution is 5.91. The molecule has 0 aliphatic carbocycles. The molecule has 0 saturated carbocycles. The highest BCUT2D eigenvalue weighted by atomic mass is 16.7. The van der Waals surface area contributed by atoms with Crippen molar-refractivity contribution in [3.8, 4) is 23.0 Å². The zero-order valence-corrected chi connectivity index (χ0v) is 14.8. The Morgan fingerprint density at radius 2 is 1.85 bits per heavy atom. The summed E-state index contributed by atoms with van der Waals surface area (Å²) in [6.07, 6.45) is 0.363. The fourth-order valence-corrected chi connectivity index (χ4v) is 2.62. The van der Waals surface area contributed by atoms with Crippen LogP contribution in [0.2, 0.25) is 0 Å². The Labute approximate surface area is 152 Å². The minimum atomic E-state index is -0.0660. The highest BCUT2D eigenvalue weighted by Gasteiger charge is 2.14.